The number of amides is 1. The van der Waals surface area contributed by atoms with Crippen LogP contribution in [0.4, 0.5) is 0 Å². The number of thiophene rings is 1. The fourth-order valence-corrected chi connectivity index (χ4v) is 5.66. The van der Waals surface area contributed by atoms with Gasteiger partial charge in [-0.1, -0.05) is 48.5 Å². The van der Waals surface area contributed by atoms with Gasteiger partial charge in [0.1, 0.15) is 0 Å². The molecule has 34 heavy (non-hydrogen) atoms. The van der Waals surface area contributed by atoms with Crippen LogP contribution in [0.2, 0.25) is 0 Å². The van der Waals surface area contributed by atoms with Gasteiger partial charge in [0.2, 0.25) is 10.0 Å². The van der Waals surface area contributed by atoms with Crippen LogP contribution in [-0.4, -0.2) is 39.9 Å². The molecule has 2 N–H and O–H groups in total. The van der Waals surface area contributed by atoms with E-state index in [0.717, 1.165) is 16.3 Å². The van der Waals surface area contributed by atoms with Crippen molar-refractivity contribution in [1.82, 2.24) is 14.9 Å². The smallest absolute Gasteiger partial charge is 0.251 e. The van der Waals surface area contributed by atoms with Gasteiger partial charge in [0.25, 0.3) is 5.91 Å². The van der Waals surface area contributed by atoms with Gasteiger partial charge >= 0.3 is 0 Å². The highest BCUT2D eigenvalue weighted by atomic mass is 32.2. The fraction of sp³-hybridized carbons (Fsp3) is 0.192. The van der Waals surface area contributed by atoms with E-state index in [4.69, 9.17) is 0 Å². The van der Waals surface area contributed by atoms with Crippen molar-refractivity contribution in [1.29, 1.82) is 0 Å². The minimum absolute atomic E-state index is 0.104. The van der Waals surface area contributed by atoms with Gasteiger partial charge in [0.05, 0.1) is 10.9 Å². The molecule has 0 bridgehead atoms. The SMILES string of the molecule is CN(C)[C@@H](CNC(=O)c1ccc(CNS(=O)(=O)c2ccc3ccccc3c2)cc1)c1cccs1. The molecule has 0 unspecified atom stereocenters. The highest BCUT2D eigenvalue weighted by Gasteiger charge is 2.17. The zero-order chi connectivity index (χ0) is 24.1. The lowest BCUT2D eigenvalue weighted by molar-refractivity contribution is 0.0942. The maximum absolute atomic E-state index is 12.7. The molecule has 1 atom stereocenters. The predicted octanol–water partition coefficient (Wildman–Crippen LogP) is 4.41. The number of hydrogen-bond acceptors (Lipinski definition) is 5. The normalized spacial score (nSPS) is 12.7. The second-order valence-electron chi connectivity index (χ2n) is 8.24. The average Bonchev–Trinajstić information content (AvgIpc) is 3.37. The summed E-state index contributed by atoms with van der Waals surface area (Å²) in [5.74, 6) is -0.160. The number of fused-ring (bicyclic) bond motifs is 1. The number of sulfonamides is 1. The van der Waals surface area contributed by atoms with Gasteiger partial charge in [-0.2, -0.15) is 0 Å². The minimum atomic E-state index is -3.66. The van der Waals surface area contributed by atoms with Crippen LogP contribution < -0.4 is 10.0 Å². The molecule has 4 aromatic rings. The van der Waals surface area contributed by atoms with Crippen molar-refractivity contribution < 1.29 is 13.2 Å². The molecule has 3 aromatic carbocycles. The van der Waals surface area contributed by atoms with Crippen molar-refractivity contribution in [3.63, 3.8) is 0 Å². The number of rotatable bonds is 9. The molecule has 0 aliphatic heterocycles. The standard InChI is InChI=1S/C26H27N3O3S2/c1-29(2)24(25-8-5-15-33-25)18-27-26(30)21-11-9-19(10-12-21)17-28-34(31,32)23-14-13-20-6-3-4-7-22(20)16-23/h3-16,24,28H,17-18H2,1-2H3,(H,27,30)/t24-/m0/s1. The second-order valence-corrected chi connectivity index (χ2v) is 11.0. The van der Waals surface area contributed by atoms with Gasteiger partial charge in [-0.3, -0.25) is 4.79 Å². The third kappa shape index (κ3) is 5.71. The van der Waals surface area contributed by atoms with Gasteiger partial charge in [-0.15, -0.1) is 11.3 Å². The lowest BCUT2D eigenvalue weighted by atomic mass is 10.1. The van der Waals surface area contributed by atoms with Crippen LogP contribution in [0.3, 0.4) is 0 Å². The quantitative estimate of drug-likeness (QED) is 0.362. The van der Waals surface area contributed by atoms with Gasteiger partial charge < -0.3 is 10.2 Å². The molecule has 176 valence electrons. The topological polar surface area (TPSA) is 78.5 Å². The third-order valence-electron chi connectivity index (χ3n) is 5.66. The third-order valence-corrected chi connectivity index (χ3v) is 8.04. The van der Waals surface area contributed by atoms with Gasteiger partial charge in [-0.05, 0) is 66.1 Å². The van der Waals surface area contributed by atoms with Crippen molar-refractivity contribution >= 4 is 38.0 Å². The van der Waals surface area contributed by atoms with E-state index < -0.39 is 10.0 Å². The number of nitrogens with zero attached hydrogens (tertiary/aromatic N) is 1. The van der Waals surface area contributed by atoms with Crippen molar-refractivity contribution in [2.45, 2.75) is 17.5 Å². The van der Waals surface area contributed by atoms with Gasteiger partial charge in [0.15, 0.2) is 0 Å². The van der Waals surface area contributed by atoms with Crippen LogP contribution >= 0.6 is 11.3 Å². The van der Waals surface area contributed by atoms with Crippen LogP contribution in [0.1, 0.15) is 26.8 Å². The number of carbonyl (C=O) groups excluding carboxylic acids is 1. The van der Waals surface area contributed by atoms with E-state index in [0.29, 0.717) is 12.1 Å². The Hall–Kier alpha value is -3.04. The molecular weight excluding hydrogens is 466 g/mol. The van der Waals surface area contributed by atoms with Crippen LogP contribution in [0, 0.1) is 0 Å². The number of carbonyl (C=O) groups is 1. The summed E-state index contributed by atoms with van der Waals surface area (Å²) in [6.45, 7) is 0.637. The lowest BCUT2D eigenvalue weighted by Gasteiger charge is -2.23. The van der Waals surface area contributed by atoms with Crippen molar-refractivity contribution in [2.75, 3.05) is 20.6 Å². The summed E-state index contributed by atoms with van der Waals surface area (Å²) in [4.78, 5) is 16.1. The van der Waals surface area contributed by atoms with Gasteiger partial charge in [0, 0.05) is 23.5 Å². The van der Waals surface area contributed by atoms with Crippen LogP contribution in [0.25, 0.3) is 10.8 Å². The molecule has 0 saturated heterocycles. The van der Waals surface area contributed by atoms with E-state index in [1.54, 1.807) is 53.8 Å². The van der Waals surface area contributed by atoms with E-state index in [9.17, 15) is 13.2 Å². The zero-order valence-corrected chi connectivity index (χ0v) is 20.7. The first kappa shape index (κ1) is 24.1. The number of nitrogens with one attached hydrogen (secondary N) is 2. The Bertz CT molecular complexity index is 1370. The summed E-state index contributed by atoms with van der Waals surface area (Å²) in [7, 11) is 0.324. The van der Waals surface area contributed by atoms with E-state index in [-0.39, 0.29) is 23.4 Å². The summed E-state index contributed by atoms with van der Waals surface area (Å²) in [6.07, 6.45) is 0. The number of benzene rings is 3. The Kier molecular flexibility index (Phi) is 7.43. The van der Waals surface area contributed by atoms with Crippen LogP contribution in [0.15, 0.2) is 89.1 Å². The summed E-state index contributed by atoms with van der Waals surface area (Å²) in [6, 6.07) is 23.8. The summed E-state index contributed by atoms with van der Waals surface area (Å²) >= 11 is 1.67. The molecular formula is C26H27N3O3S2. The molecule has 0 aliphatic rings. The molecule has 0 radical (unpaired) electrons. The molecule has 0 fully saturated rings. The zero-order valence-electron chi connectivity index (χ0n) is 19.1. The molecule has 1 heterocycles. The first-order valence-electron chi connectivity index (χ1n) is 10.9. The number of likely N-dealkylation sites (N-methyl/N-ethyl adjacent to an activating group) is 1. The Morgan fingerprint density at radius 1 is 0.941 bits per heavy atom. The van der Waals surface area contributed by atoms with E-state index >= 15 is 0 Å². The predicted molar refractivity (Wildman–Crippen MR) is 137 cm³/mol. The molecule has 6 nitrogen and oxygen atoms in total. The van der Waals surface area contributed by atoms with Crippen molar-refractivity contribution in [3.8, 4) is 0 Å². The van der Waals surface area contributed by atoms with Crippen molar-refractivity contribution in [3.05, 3.63) is 100 Å². The highest BCUT2D eigenvalue weighted by molar-refractivity contribution is 7.89. The molecule has 0 saturated carbocycles. The summed E-state index contributed by atoms with van der Waals surface area (Å²) in [5.41, 5.74) is 1.30. The molecule has 1 aromatic heterocycles. The molecule has 0 aliphatic carbocycles. The minimum Gasteiger partial charge on any atom is -0.350 e. The molecule has 0 spiro atoms. The monoisotopic (exact) mass is 493 g/mol. The Morgan fingerprint density at radius 3 is 2.35 bits per heavy atom. The van der Waals surface area contributed by atoms with Gasteiger partial charge in [-0.25, -0.2) is 13.1 Å². The van der Waals surface area contributed by atoms with Crippen LogP contribution in [0.5, 0.6) is 0 Å². The van der Waals surface area contributed by atoms with E-state index in [1.165, 1.54) is 4.88 Å². The van der Waals surface area contributed by atoms with Crippen LogP contribution in [-0.2, 0) is 16.6 Å². The summed E-state index contributed by atoms with van der Waals surface area (Å²) in [5, 5.41) is 6.88. The van der Waals surface area contributed by atoms with E-state index in [1.807, 2.05) is 49.8 Å². The highest BCUT2D eigenvalue weighted by Crippen LogP contribution is 2.22. The Balaban J connectivity index is 1.36. The maximum Gasteiger partial charge on any atom is 0.251 e. The first-order valence-corrected chi connectivity index (χ1v) is 13.3. The average molecular weight is 494 g/mol. The maximum atomic E-state index is 12.7. The lowest BCUT2D eigenvalue weighted by Crippen LogP contribution is -2.34. The number of hydrogen-bond donors (Lipinski definition) is 2. The molecule has 8 heteroatoms. The Morgan fingerprint density at radius 2 is 1.68 bits per heavy atom. The first-order chi connectivity index (χ1) is 16.3. The van der Waals surface area contributed by atoms with Crippen molar-refractivity contribution in [2.24, 2.45) is 0 Å². The molecule has 4 rings (SSSR count). The fourth-order valence-electron chi connectivity index (χ4n) is 3.68. The second kappa shape index (κ2) is 10.5. The largest absolute Gasteiger partial charge is 0.350 e. The Labute approximate surface area is 204 Å². The molecule has 1 amide bonds. The summed E-state index contributed by atoms with van der Waals surface area (Å²) < 4.78 is 28.1. The van der Waals surface area contributed by atoms with E-state index in [2.05, 4.69) is 21.0 Å².